The first-order valence-corrected chi connectivity index (χ1v) is 16.3. The molecular weight excluding hydrogens is 730 g/mol. The first-order valence-electron chi connectivity index (χ1n) is 15.1. The van der Waals surface area contributed by atoms with Gasteiger partial charge in [0.05, 0.1) is 17.5 Å². The molecule has 6 atom stereocenters. The molecule has 3 fully saturated rings. The molecule has 0 aromatic heterocycles. The summed E-state index contributed by atoms with van der Waals surface area (Å²) in [6, 6.07) is 10.3. The monoisotopic (exact) mass is 750 g/mol. The number of fused-ring (bicyclic) bond motifs is 4. The number of phenolic OH excluding ortho intramolecular Hbond substituents is 1. The van der Waals surface area contributed by atoms with Crippen molar-refractivity contribution in [3.05, 3.63) is 112 Å². The highest BCUT2D eigenvalue weighted by atomic mass is 35.5. The van der Waals surface area contributed by atoms with E-state index < -0.39 is 104 Å². The Morgan fingerprint density at radius 2 is 1.46 bits per heavy atom. The summed E-state index contributed by atoms with van der Waals surface area (Å²) < 4.78 is 73.4. The Balaban J connectivity index is 1.45. The Labute approximate surface area is 295 Å². The molecule has 2 heterocycles. The van der Waals surface area contributed by atoms with Crippen LogP contribution in [0.2, 0.25) is 5.02 Å². The molecular formula is C35H22Cl3F5N2O5. The van der Waals surface area contributed by atoms with Crippen molar-refractivity contribution in [3.8, 4) is 5.75 Å². The van der Waals surface area contributed by atoms with E-state index in [1.54, 1.807) is 6.08 Å². The normalized spacial score (nSPS) is 28.8. The number of alkyl halides is 2. The first-order chi connectivity index (χ1) is 23.6. The second kappa shape index (κ2) is 11.6. The third kappa shape index (κ3) is 4.34. The molecule has 0 bridgehead atoms. The van der Waals surface area contributed by atoms with Crippen LogP contribution in [0.5, 0.6) is 5.75 Å². The number of carbonyl (C=O) groups is 4. The average molecular weight is 752 g/mol. The maximum Gasteiger partial charge on any atom is 0.258 e. The first kappa shape index (κ1) is 34.2. The van der Waals surface area contributed by atoms with Crippen LogP contribution < -0.4 is 9.80 Å². The van der Waals surface area contributed by atoms with Crippen molar-refractivity contribution in [2.75, 3.05) is 9.80 Å². The topological polar surface area (TPSA) is 95.0 Å². The van der Waals surface area contributed by atoms with Gasteiger partial charge >= 0.3 is 0 Å². The molecule has 2 aliphatic heterocycles. The molecule has 4 aliphatic rings. The summed E-state index contributed by atoms with van der Waals surface area (Å²) >= 11 is 20.3. The number of hydrogen-bond acceptors (Lipinski definition) is 5. The predicted octanol–water partition coefficient (Wildman–Crippen LogP) is 7.24. The number of benzene rings is 3. The number of hydrogen-bond donors (Lipinski definition) is 1. The number of allylic oxidation sites excluding steroid dienone is 3. The number of carbonyl (C=O) groups excluding carboxylic acids is 4. The van der Waals surface area contributed by atoms with E-state index in [9.17, 15) is 37.5 Å². The second-order valence-electron chi connectivity index (χ2n) is 12.5. The van der Waals surface area contributed by atoms with Crippen LogP contribution in [0.25, 0.3) is 0 Å². The molecule has 15 heteroatoms. The van der Waals surface area contributed by atoms with Crippen molar-refractivity contribution in [2.24, 2.45) is 17.8 Å². The van der Waals surface area contributed by atoms with Crippen LogP contribution in [0.4, 0.5) is 33.3 Å². The van der Waals surface area contributed by atoms with Gasteiger partial charge in [-0.25, -0.2) is 26.9 Å². The largest absolute Gasteiger partial charge is 0.507 e. The fourth-order valence-corrected chi connectivity index (χ4v) is 8.97. The van der Waals surface area contributed by atoms with Crippen molar-refractivity contribution >= 4 is 69.8 Å². The fourth-order valence-electron chi connectivity index (χ4n) is 7.92. The van der Waals surface area contributed by atoms with Gasteiger partial charge in [0.25, 0.3) is 11.8 Å². The second-order valence-corrected chi connectivity index (χ2v) is 14.2. The minimum atomic E-state index is -2.76. The minimum Gasteiger partial charge on any atom is -0.507 e. The van der Waals surface area contributed by atoms with Gasteiger partial charge in [-0.1, -0.05) is 47.5 Å². The number of anilines is 2. The number of halogens is 8. The predicted molar refractivity (Wildman–Crippen MR) is 172 cm³/mol. The van der Waals surface area contributed by atoms with E-state index in [2.05, 4.69) is 6.58 Å². The molecule has 6 unspecified atom stereocenters. The number of amides is 4. The van der Waals surface area contributed by atoms with Crippen LogP contribution in [0.1, 0.15) is 29.9 Å². The molecule has 3 aromatic carbocycles. The fraction of sp³-hybridized carbons (Fsp3) is 0.257. The van der Waals surface area contributed by atoms with E-state index in [-0.39, 0.29) is 34.6 Å². The SMILES string of the molecule is C=CCc1cccc(C2C3=CCC4C(=O)N(c5ccc(Cl)cc5)C(=O)C4C3CC3(Cl)C(=O)N(c4c(F)c(F)c(F)c(F)c4F)C(=O)C23Cl)c1O. The molecule has 258 valence electrons. The standard InChI is InChI=1S/C35H22Cl3F5N2O5/c1-2-4-14-5-3-6-19(29(14)46)22-17-11-12-18-21(31(48)44(30(18)47)16-9-7-15(36)8-10-16)20(17)13-34(37)32(49)45(33(50)35(22,34)38)28-26(42)24(40)23(39)25(41)27(28)43/h2-3,5-11,18,20-22,46H,1,4,12-13H2. The lowest BCUT2D eigenvalue weighted by Crippen LogP contribution is -2.60. The van der Waals surface area contributed by atoms with Crippen molar-refractivity contribution < 1.29 is 46.2 Å². The van der Waals surface area contributed by atoms with Gasteiger partial charge in [0, 0.05) is 16.5 Å². The minimum absolute atomic E-state index is 0.0550. The summed E-state index contributed by atoms with van der Waals surface area (Å²) in [7, 11) is 0. The number of aromatic hydroxyl groups is 1. The van der Waals surface area contributed by atoms with Gasteiger partial charge in [-0.15, -0.1) is 29.8 Å². The van der Waals surface area contributed by atoms with Gasteiger partial charge < -0.3 is 5.11 Å². The zero-order chi connectivity index (χ0) is 36.2. The zero-order valence-corrected chi connectivity index (χ0v) is 27.6. The van der Waals surface area contributed by atoms with E-state index in [1.807, 2.05) is 0 Å². The average Bonchev–Trinajstić information content (AvgIpc) is 3.43. The molecule has 1 saturated carbocycles. The Hall–Kier alpha value is -4.26. The van der Waals surface area contributed by atoms with Crippen molar-refractivity contribution in [2.45, 2.75) is 34.9 Å². The Kier molecular flexibility index (Phi) is 7.96. The van der Waals surface area contributed by atoms with Gasteiger partial charge in [0.15, 0.2) is 33.0 Å². The summed E-state index contributed by atoms with van der Waals surface area (Å²) in [5.74, 6) is -22.2. The maximum absolute atomic E-state index is 15.2. The molecule has 2 aliphatic carbocycles. The van der Waals surface area contributed by atoms with E-state index in [4.69, 9.17) is 34.8 Å². The number of rotatable bonds is 5. The molecule has 50 heavy (non-hydrogen) atoms. The smallest absolute Gasteiger partial charge is 0.258 e. The molecule has 1 N–H and O–H groups in total. The maximum atomic E-state index is 15.2. The number of nitrogens with zero attached hydrogens (tertiary/aromatic N) is 2. The van der Waals surface area contributed by atoms with E-state index in [0.717, 1.165) is 4.90 Å². The summed E-state index contributed by atoms with van der Waals surface area (Å²) in [5.41, 5.74) is -1.25. The van der Waals surface area contributed by atoms with Crippen LogP contribution in [-0.4, -0.2) is 38.5 Å². The Bertz CT molecular complexity index is 2080. The lowest BCUT2D eigenvalue weighted by Gasteiger charge is -2.50. The summed E-state index contributed by atoms with van der Waals surface area (Å²) in [6.07, 6.45) is 2.41. The lowest BCUT2D eigenvalue weighted by atomic mass is 9.56. The molecule has 3 aromatic rings. The molecule has 4 amide bonds. The highest BCUT2D eigenvalue weighted by Gasteiger charge is 2.77. The molecule has 7 nitrogen and oxygen atoms in total. The van der Waals surface area contributed by atoms with E-state index >= 15 is 8.78 Å². The van der Waals surface area contributed by atoms with Gasteiger partial charge in [-0.05, 0) is 55.0 Å². The van der Waals surface area contributed by atoms with Crippen molar-refractivity contribution in [3.63, 3.8) is 0 Å². The van der Waals surface area contributed by atoms with Crippen LogP contribution in [0.15, 0.2) is 66.8 Å². The van der Waals surface area contributed by atoms with Crippen molar-refractivity contribution in [1.29, 1.82) is 0 Å². The zero-order valence-electron chi connectivity index (χ0n) is 25.3. The third-order valence-corrected chi connectivity index (χ3v) is 11.8. The molecule has 2 saturated heterocycles. The molecule has 0 spiro atoms. The van der Waals surface area contributed by atoms with Gasteiger partial charge in [-0.2, -0.15) is 0 Å². The van der Waals surface area contributed by atoms with E-state index in [0.29, 0.717) is 10.6 Å². The summed E-state index contributed by atoms with van der Waals surface area (Å²) in [6.45, 7) is 3.66. The molecule has 0 radical (unpaired) electrons. The Morgan fingerprint density at radius 3 is 2.08 bits per heavy atom. The highest BCUT2D eigenvalue weighted by molar-refractivity contribution is 6.58. The van der Waals surface area contributed by atoms with Crippen LogP contribution in [-0.2, 0) is 25.6 Å². The summed E-state index contributed by atoms with van der Waals surface area (Å²) in [5, 5.41) is 11.9. The van der Waals surface area contributed by atoms with Gasteiger partial charge in [-0.3, -0.25) is 24.1 Å². The number of para-hydroxylation sites is 1. The van der Waals surface area contributed by atoms with Crippen LogP contribution in [0.3, 0.4) is 0 Å². The quantitative estimate of drug-likeness (QED) is 0.0742. The molecule has 7 rings (SSSR count). The third-order valence-electron chi connectivity index (χ3n) is 10.1. The Morgan fingerprint density at radius 1 is 0.840 bits per heavy atom. The van der Waals surface area contributed by atoms with Gasteiger partial charge in [0.1, 0.15) is 11.4 Å². The van der Waals surface area contributed by atoms with Crippen LogP contribution >= 0.6 is 34.8 Å². The van der Waals surface area contributed by atoms with Crippen molar-refractivity contribution in [1.82, 2.24) is 0 Å². The van der Waals surface area contributed by atoms with Crippen LogP contribution in [0, 0.1) is 46.8 Å². The summed E-state index contributed by atoms with van der Waals surface area (Å²) in [4.78, 5) is 51.9. The lowest BCUT2D eigenvalue weighted by molar-refractivity contribution is -0.125. The van der Waals surface area contributed by atoms with Gasteiger partial charge in [0.2, 0.25) is 17.6 Å². The highest BCUT2D eigenvalue weighted by Crippen LogP contribution is 2.67. The number of imide groups is 2. The number of phenols is 1. The van der Waals surface area contributed by atoms with E-state index in [1.165, 1.54) is 48.5 Å².